The van der Waals surface area contributed by atoms with Crippen molar-refractivity contribution in [3.63, 3.8) is 0 Å². The third kappa shape index (κ3) is 3.01. The quantitative estimate of drug-likeness (QED) is 0.741. The Morgan fingerprint density at radius 2 is 1.74 bits per heavy atom. The zero-order valence-corrected chi connectivity index (χ0v) is 11.2. The number of hydrogen-bond donors (Lipinski definition) is 0. The van der Waals surface area contributed by atoms with Crippen LogP contribution in [0.25, 0.3) is 0 Å². The molecule has 0 unspecified atom stereocenters. The Morgan fingerprint density at radius 3 is 2.26 bits per heavy atom. The fourth-order valence-corrected chi connectivity index (χ4v) is 2.03. The lowest BCUT2D eigenvalue weighted by atomic mass is 10.2. The normalized spacial score (nSPS) is 15.3. The lowest BCUT2D eigenvalue weighted by molar-refractivity contribution is 0.0644. The van der Waals surface area contributed by atoms with Crippen LogP contribution < -0.4 is 0 Å². The number of piperazine rings is 1. The Bertz CT molecular complexity index is 453. The van der Waals surface area contributed by atoms with Crippen molar-refractivity contribution in [2.75, 3.05) is 40.3 Å². The fraction of sp³-hybridized carbons (Fsp3) is 0.462. The molecule has 6 nitrogen and oxygen atoms in total. The number of amides is 3. The van der Waals surface area contributed by atoms with Crippen molar-refractivity contribution in [1.29, 1.82) is 0 Å². The fourth-order valence-electron chi connectivity index (χ4n) is 2.03. The van der Waals surface area contributed by atoms with Crippen LogP contribution in [0.2, 0.25) is 0 Å². The van der Waals surface area contributed by atoms with Gasteiger partial charge in [-0.3, -0.25) is 9.78 Å². The van der Waals surface area contributed by atoms with E-state index in [0.29, 0.717) is 31.9 Å². The number of urea groups is 1. The molecule has 2 rings (SSSR count). The van der Waals surface area contributed by atoms with Crippen molar-refractivity contribution in [1.82, 2.24) is 19.7 Å². The smallest absolute Gasteiger partial charge is 0.319 e. The van der Waals surface area contributed by atoms with Crippen molar-refractivity contribution >= 4 is 11.9 Å². The zero-order chi connectivity index (χ0) is 13.8. The molecule has 102 valence electrons. The van der Waals surface area contributed by atoms with Gasteiger partial charge in [-0.25, -0.2) is 4.79 Å². The maximum Gasteiger partial charge on any atom is 0.319 e. The molecule has 1 aliphatic rings. The molecule has 19 heavy (non-hydrogen) atoms. The van der Waals surface area contributed by atoms with Crippen molar-refractivity contribution in [3.05, 3.63) is 30.1 Å². The van der Waals surface area contributed by atoms with Crippen molar-refractivity contribution in [2.45, 2.75) is 0 Å². The molecule has 0 saturated carbocycles. The second-order valence-corrected chi connectivity index (χ2v) is 4.67. The zero-order valence-electron chi connectivity index (χ0n) is 11.2. The Labute approximate surface area is 112 Å². The monoisotopic (exact) mass is 262 g/mol. The molecule has 0 aliphatic carbocycles. The summed E-state index contributed by atoms with van der Waals surface area (Å²) in [4.78, 5) is 33.0. The van der Waals surface area contributed by atoms with Gasteiger partial charge in [0.1, 0.15) is 5.69 Å². The number of aromatic nitrogens is 1. The topological polar surface area (TPSA) is 56.8 Å². The van der Waals surface area contributed by atoms with Crippen LogP contribution in [0.3, 0.4) is 0 Å². The highest BCUT2D eigenvalue weighted by molar-refractivity contribution is 5.92. The van der Waals surface area contributed by atoms with Crippen molar-refractivity contribution in [3.8, 4) is 0 Å². The molecule has 1 fully saturated rings. The average Bonchev–Trinajstić information content (AvgIpc) is 2.46. The minimum Gasteiger partial charge on any atom is -0.334 e. The van der Waals surface area contributed by atoms with E-state index in [1.54, 1.807) is 53.2 Å². The van der Waals surface area contributed by atoms with Crippen LogP contribution in [0.1, 0.15) is 10.5 Å². The van der Waals surface area contributed by atoms with E-state index in [0.717, 1.165) is 0 Å². The molecule has 1 aromatic rings. The summed E-state index contributed by atoms with van der Waals surface area (Å²) in [5.74, 6) is -0.0717. The summed E-state index contributed by atoms with van der Waals surface area (Å²) in [6, 6.07) is 5.28. The van der Waals surface area contributed by atoms with Crippen molar-refractivity contribution < 1.29 is 9.59 Å². The average molecular weight is 262 g/mol. The molecule has 2 heterocycles. The van der Waals surface area contributed by atoms with E-state index in [-0.39, 0.29) is 11.9 Å². The number of rotatable bonds is 1. The largest absolute Gasteiger partial charge is 0.334 e. The highest BCUT2D eigenvalue weighted by Gasteiger charge is 2.25. The van der Waals surface area contributed by atoms with Crippen LogP contribution in [0.5, 0.6) is 0 Å². The molecule has 0 bridgehead atoms. The Balaban J connectivity index is 1.94. The summed E-state index contributed by atoms with van der Waals surface area (Å²) in [6.07, 6.45) is 1.61. The maximum absolute atomic E-state index is 12.2. The number of carbonyl (C=O) groups excluding carboxylic acids is 2. The molecule has 0 aromatic carbocycles. The summed E-state index contributed by atoms with van der Waals surface area (Å²) in [5, 5.41) is 0. The summed E-state index contributed by atoms with van der Waals surface area (Å²) in [6.45, 7) is 2.23. The lowest BCUT2D eigenvalue weighted by Crippen LogP contribution is -2.53. The van der Waals surface area contributed by atoms with E-state index in [9.17, 15) is 9.59 Å². The SMILES string of the molecule is CN(C)C(=O)N1CCN(C(=O)c2ccccn2)CC1. The third-order valence-corrected chi connectivity index (χ3v) is 3.10. The van der Waals surface area contributed by atoms with Crippen LogP contribution in [0, 0.1) is 0 Å². The van der Waals surface area contributed by atoms with Crippen LogP contribution >= 0.6 is 0 Å². The first kappa shape index (κ1) is 13.3. The van der Waals surface area contributed by atoms with Crippen LogP contribution in [-0.4, -0.2) is 71.9 Å². The van der Waals surface area contributed by atoms with Crippen LogP contribution in [0.4, 0.5) is 4.79 Å². The first-order valence-corrected chi connectivity index (χ1v) is 6.26. The van der Waals surface area contributed by atoms with Gasteiger partial charge < -0.3 is 14.7 Å². The van der Waals surface area contributed by atoms with Crippen LogP contribution in [-0.2, 0) is 0 Å². The Hall–Kier alpha value is -2.11. The van der Waals surface area contributed by atoms with Gasteiger partial charge in [0.25, 0.3) is 5.91 Å². The first-order chi connectivity index (χ1) is 9.09. The molecule has 3 amide bonds. The number of pyridine rings is 1. The van der Waals surface area contributed by atoms with Gasteiger partial charge in [-0.2, -0.15) is 0 Å². The predicted molar refractivity (Wildman–Crippen MR) is 70.8 cm³/mol. The molecule has 1 aromatic heterocycles. The Kier molecular flexibility index (Phi) is 3.99. The van der Waals surface area contributed by atoms with Gasteiger partial charge in [-0.1, -0.05) is 6.07 Å². The molecular formula is C13H18N4O2. The lowest BCUT2D eigenvalue weighted by Gasteiger charge is -2.35. The molecule has 0 radical (unpaired) electrons. The van der Waals surface area contributed by atoms with E-state index in [1.165, 1.54) is 0 Å². The summed E-state index contributed by atoms with van der Waals surface area (Å²) < 4.78 is 0. The second kappa shape index (κ2) is 5.69. The minimum absolute atomic E-state index is 0.00932. The number of carbonyl (C=O) groups is 2. The standard InChI is InChI=1S/C13H18N4O2/c1-15(2)13(19)17-9-7-16(8-10-17)12(18)11-5-3-4-6-14-11/h3-6H,7-10H2,1-2H3. The van der Waals surface area contributed by atoms with Gasteiger partial charge in [0, 0.05) is 46.5 Å². The Morgan fingerprint density at radius 1 is 1.11 bits per heavy atom. The highest BCUT2D eigenvalue weighted by Crippen LogP contribution is 2.08. The van der Waals surface area contributed by atoms with Gasteiger partial charge in [-0.15, -0.1) is 0 Å². The van der Waals surface area contributed by atoms with E-state index in [2.05, 4.69) is 4.98 Å². The minimum atomic E-state index is -0.0717. The van der Waals surface area contributed by atoms with E-state index >= 15 is 0 Å². The van der Waals surface area contributed by atoms with E-state index < -0.39 is 0 Å². The molecule has 0 spiro atoms. The predicted octanol–water partition coefficient (Wildman–Crippen LogP) is 0.521. The first-order valence-electron chi connectivity index (χ1n) is 6.26. The molecular weight excluding hydrogens is 244 g/mol. The summed E-state index contributed by atoms with van der Waals surface area (Å²) >= 11 is 0. The molecule has 1 saturated heterocycles. The molecule has 0 atom stereocenters. The van der Waals surface area contributed by atoms with Crippen molar-refractivity contribution in [2.24, 2.45) is 0 Å². The van der Waals surface area contributed by atoms with Crippen LogP contribution in [0.15, 0.2) is 24.4 Å². The van der Waals surface area contributed by atoms with Gasteiger partial charge in [0.15, 0.2) is 0 Å². The van der Waals surface area contributed by atoms with E-state index in [1.807, 2.05) is 0 Å². The van der Waals surface area contributed by atoms with Gasteiger partial charge in [-0.05, 0) is 12.1 Å². The van der Waals surface area contributed by atoms with Gasteiger partial charge >= 0.3 is 6.03 Å². The van der Waals surface area contributed by atoms with E-state index in [4.69, 9.17) is 0 Å². The highest BCUT2D eigenvalue weighted by atomic mass is 16.2. The molecule has 6 heteroatoms. The molecule has 0 N–H and O–H groups in total. The number of hydrogen-bond acceptors (Lipinski definition) is 3. The third-order valence-electron chi connectivity index (χ3n) is 3.10. The number of nitrogens with zero attached hydrogens (tertiary/aromatic N) is 4. The summed E-state index contributed by atoms with van der Waals surface area (Å²) in [5.41, 5.74) is 0.454. The maximum atomic E-state index is 12.2. The second-order valence-electron chi connectivity index (χ2n) is 4.67. The molecule has 1 aliphatic heterocycles. The van der Waals surface area contributed by atoms with Gasteiger partial charge in [0.2, 0.25) is 0 Å². The van der Waals surface area contributed by atoms with Gasteiger partial charge in [0.05, 0.1) is 0 Å². The summed E-state index contributed by atoms with van der Waals surface area (Å²) in [7, 11) is 3.46.